The van der Waals surface area contributed by atoms with Gasteiger partial charge in [0.05, 0.1) is 10.6 Å². The Hall–Kier alpha value is -1.75. The van der Waals surface area contributed by atoms with Crippen molar-refractivity contribution in [2.24, 2.45) is 5.92 Å². The van der Waals surface area contributed by atoms with E-state index in [0.29, 0.717) is 22.2 Å². The minimum Gasteiger partial charge on any atom is -0.355 e. The van der Waals surface area contributed by atoms with Crippen LogP contribution in [-0.4, -0.2) is 25.0 Å². The molecule has 3 amide bonds. The molecule has 110 valence electrons. The van der Waals surface area contributed by atoms with Gasteiger partial charge in [0.2, 0.25) is 0 Å². The lowest BCUT2D eigenvalue weighted by molar-refractivity contribution is 0.0963. The third-order valence-electron chi connectivity index (χ3n) is 3.06. The lowest BCUT2D eigenvalue weighted by Gasteiger charge is -2.18. The molecule has 20 heavy (non-hydrogen) atoms. The van der Waals surface area contributed by atoms with E-state index >= 15 is 0 Å². The number of benzene rings is 1. The van der Waals surface area contributed by atoms with Gasteiger partial charge < -0.3 is 16.0 Å². The Kier molecular flexibility index (Phi) is 5.82. The van der Waals surface area contributed by atoms with Crippen LogP contribution in [0.25, 0.3) is 0 Å². The second-order valence-electron chi connectivity index (χ2n) is 4.90. The van der Waals surface area contributed by atoms with Gasteiger partial charge in [-0.1, -0.05) is 25.4 Å². The fraction of sp³-hybridized carbons (Fsp3) is 0.429. The summed E-state index contributed by atoms with van der Waals surface area (Å²) in [5, 5.41) is 8.30. The average Bonchev–Trinajstić information content (AvgIpc) is 2.37. The minimum atomic E-state index is -0.296. The van der Waals surface area contributed by atoms with E-state index < -0.39 is 0 Å². The summed E-state index contributed by atoms with van der Waals surface area (Å²) in [5.74, 6) is 0.0828. The highest BCUT2D eigenvalue weighted by Crippen LogP contribution is 2.21. The van der Waals surface area contributed by atoms with E-state index in [9.17, 15) is 9.59 Å². The van der Waals surface area contributed by atoms with Gasteiger partial charge in [0.25, 0.3) is 5.91 Å². The molecule has 1 aromatic carbocycles. The van der Waals surface area contributed by atoms with Crippen LogP contribution in [0.4, 0.5) is 10.5 Å². The van der Waals surface area contributed by atoms with Crippen molar-refractivity contribution in [3.8, 4) is 0 Å². The minimum absolute atomic E-state index is 0.0654. The second kappa shape index (κ2) is 7.14. The molecule has 6 heteroatoms. The van der Waals surface area contributed by atoms with E-state index in [-0.39, 0.29) is 18.0 Å². The zero-order valence-electron chi connectivity index (χ0n) is 12.1. The number of anilines is 1. The van der Waals surface area contributed by atoms with Gasteiger partial charge in [-0.15, -0.1) is 0 Å². The Labute approximate surface area is 124 Å². The molecular formula is C14H20ClN3O2. The number of carbonyl (C=O) groups excluding carboxylic acids is 2. The SMILES string of the molecule is CNC(=O)c1ccc(NC(=O)NC(C)C(C)C)cc1Cl. The van der Waals surface area contributed by atoms with Crippen LogP contribution >= 0.6 is 11.6 Å². The molecule has 0 aliphatic heterocycles. The average molecular weight is 298 g/mol. The Morgan fingerprint density at radius 2 is 1.85 bits per heavy atom. The molecule has 1 unspecified atom stereocenters. The van der Waals surface area contributed by atoms with Crippen LogP contribution in [0.15, 0.2) is 18.2 Å². The van der Waals surface area contributed by atoms with E-state index in [2.05, 4.69) is 16.0 Å². The zero-order chi connectivity index (χ0) is 15.3. The van der Waals surface area contributed by atoms with Crippen LogP contribution in [-0.2, 0) is 0 Å². The lowest BCUT2D eigenvalue weighted by Crippen LogP contribution is -2.39. The first kappa shape index (κ1) is 16.3. The Balaban J connectivity index is 2.72. The summed E-state index contributed by atoms with van der Waals surface area (Å²) in [6.45, 7) is 5.99. The van der Waals surface area contributed by atoms with Crippen molar-refractivity contribution in [3.63, 3.8) is 0 Å². The molecule has 0 radical (unpaired) electrons. The number of amides is 3. The van der Waals surface area contributed by atoms with E-state index in [1.165, 1.54) is 7.05 Å². The first-order valence-corrected chi connectivity index (χ1v) is 6.82. The number of urea groups is 1. The van der Waals surface area contributed by atoms with Gasteiger partial charge in [0.15, 0.2) is 0 Å². The van der Waals surface area contributed by atoms with Crippen molar-refractivity contribution < 1.29 is 9.59 Å². The van der Waals surface area contributed by atoms with Crippen molar-refractivity contribution in [2.45, 2.75) is 26.8 Å². The van der Waals surface area contributed by atoms with Crippen LogP contribution in [0.1, 0.15) is 31.1 Å². The van der Waals surface area contributed by atoms with Crippen LogP contribution in [0.3, 0.4) is 0 Å². The molecule has 0 heterocycles. The molecule has 0 saturated heterocycles. The summed E-state index contributed by atoms with van der Waals surface area (Å²) in [5.41, 5.74) is 0.909. The molecule has 0 aromatic heterocycles. The van der Waals surface area contributed by atoms with Gasteiger partial charge in [-0.25, -0.2) is 4.79 Å². The standard InChI is InChI=1S/C14H20ClN3O2/c1-8(2)9(3)17-14(20)18-10-5-6-11(12(15)7-10)13(19)16-4/h5-9H,1-4H3,(H,16,19)(H2,17,18,20). The number of hydrogen-bond donors (Lipinski definition) is 3. The van der Waals surface area contributed by atoms with Crippen LogP contribution in [0.5, 0.6) is 0 Å². The maximum Gasteiger partial charge on any atom is 0.319 e. The predicted molar refractivity (Wildman–Crippen MR) is 81.3 cm³/mol. The smallest absolute Gasteiger partial charge is 0.319 e. The largest absolute Gasteiger partial charge is 0.355 e. The lowest BCUT2D eigenvalue weighted by atomic mass is 10.1. The van der Waals surface area contributed by atoms with E-state index in [1.54, 1.807) is 18.2 Å². The van der Waals surface area contributed by atoms with Crippen LogP contribution < -0.4 is 16.0 Å². The summed E-state index contributed by atoms with van der Waals surface area (Å²) in [6.07, 6.45) is 0. The highest BCUT2D eigenvalue weighted by molar-refractivity contribution is 6.34. The quantitative estimate of drug-likeness (QED) is 0.800. The molecule has 1 atom stereocenters. The van der Waals surface area contributed by atoms with E-state index in [1.807, 2.05) is 20.8 Å². The molecule has 0 saturated carbocycles. The Morgan fingerprint density at radius 1 is 1.20 bits per heavy atom. The van der Waals surface area contributed by atoms with Crippen LogP contribution in [0, 0.1) is 5.92 Å². The molecular weight excluding hydrogens is 278 g/mol. The molecule has 0 aliphatic rings. The fourth-order valence-electron chi connectivity index (χ4n) is 1.45. The molecule has 3 N–H and O–H groups in total. The van der Waals surface area contributed by atoms with E-state index in [0.717, 1.165) is 0 Å². The summed E-state index contributed by atoms with van der Waals surface area (Å²) < 4.78 is 0. The van der Waals surface area contributed by atoms with Gasteiger partial charge in [-0.05, 0) is 31.0 Å². The highest BCUT2D eigenvalue weighted by Gasteiger charge is 2.12. The monoisotopic (exact) mass is 297 g/mol. The zero-order valence-corrected chi connectivity index (χ0v) is 12.8. The second-order valence-corrected chi connectivity index (χ2v) is 5.31. The number of halogens is 1. The van der Waals surface area contributed by atoms with Crippen molar-refractivity contribution in [1.29, 1.82) is 0 Å². The van der Waals surface area contributed by atoms with Gasteiger partial charge >= 0.3 is 6.03 Å². The fourth-order valence-corrected chi connectivity index (χ4v) is 1.72. The number of carbonyl (C=O) groups is 2. The topological polar surface area (TPSA) is 70.2 Å². The molecule has 5 nitrogen and oxygen atoms in total. The summed E-state index contributed by atoms with van der Waals surface area (Å²) in [4.78, 5) is 23.3. The highest BCUT2D eigenvalue weighted by atomic mass is 35.5. The van der Waals surface area contributed by atoms with Crippen molar-refractivity contribution in [2.75, 3.05) is 12.4 Å². The first-order chi connectivity index (χ1) is 9.35. The molecule has 1 rings (SSSR count). The maximum absolute atomic E-state index is 11.8. The molecule has 0 fully saturated rings. The van der Waals surface area contributed by atoms with Crippen molar-refractivity contribution >= 4 is 29.2 Å². The Bertz CT molecular complexity index is 503. The van der Waals surface area contributed by atoms with Crippen molar-refractivity contribution in [3.05, 3.63) is 28.8 Å². The van der Waals surface area contributed by atoms with Crippen LogP contribution in [0.2, 0.25) is 5.02 Å². The summed E-state index contributed by atoms with van der Waals surface area (Å²) in [7, 11) is 1.53. The third-order valence-corrected chi connectivity index (χ3v) is 3.37. The van der Waals surface area contributed by atoms with Gasteiger partial charge in [-0.3, -0.25) is 4.79 Å². The van der Waals surface area contributed by atoms with Gasteiger partial charge in [0.1, 0.15) is 0 Å². The number of rotatable bonds is 4. The van der Waals surface area contributed by atoms with Crippen molar-refractivity contribution in [1.82, 2.24) is 10.6 Å². The maximum atomic E-state index is 11.8. The number of hydrogen-bond acceptors (Lipinski definition) is 2. The number of nitrogens with one attached hydrogen (secondary N) is 3. The molecule has 0 bridgehead atoms. The summed E-state index contributed by atoms with van der Waals surface area (Å²) in [6, 6.07) is 4.52. The summed E-state index contributed by atoms with van der Waals surface area (Å²) >= 11 is 6.01. The molecule has 1 aromatic rings. The molecule has 0 aliphatic carbocycles. The van der Waals surface area contributed by atoms with E-state index in [4.69, 9.17) is 11.6 Å². The molecule has 0 spiro atoms. The third kappa shape index (κ3) is 4.42. The predicted octanol–water partition coefficient (Wildman–Crippen LogP) is 2.87. The first-order valence-electron chi connectivity index (χ1n) is 6.44. The van der Waals surface area contributed by atoms with Gasteiger partial charge in [-0.2, -0.15) is 0 Å². The normalized spacial score (nSPS) is 11.9. The Morgan fingerprint density at radius 3 is 2.35 bits per heavy atom. The van der Waals surface area contributed by atoms with Gasteiger partial charge in [0, 0.05) is 18.8 Å².